The molecule has 0 radical (unpaired) electrons. The summed E-state index contributed by atoms with van der Waals surface area (Å²) in [7, 11) is 0. The molecule has 0 bridgehead atoms. The van der Waals surface area contributed by atoms with Gasteiger partial charge in [-0.05, 0) is 46.9 Å². The molecule has 1 aliphatic heterocycles. The predicted octanol–water partition coefficient (Wildman–Crippen LogP) is 13.0. The number of para-hydroxylation sites is 2. The van der Waals surface area contributed by atoms with Gasteiger partial charge >= 0.3 is 0 Å². The van der Waals surface area contributed by atoms with Crippen molar-refractivity contribution in [2.75, 3.05) is 0 Å². The van der Waals surface area contributed by atoms with Crippen LogP contribution < -0.4 is 4.74 Å². The van der Waals surface area contributed by atoms with Crippen LogP contribution in [0.15, 0.2) is 207 Å². The van der Waals surface area contributed by atoms with E-state index in [1.165, 1.54) is 0 Å². The Bertz CT molecular complexity index is 3230. The van der Waals surface area contributed by atoms with Crippen molar-refractivity contribution in [3.05, 3.63) is 235 Å². The molecule has 9 aromatic rings. The van der Waals surface area contributed by atoms with E-state index in [0.29, 0.717) is 40.7 Å². The summed E-state index contributed by atoms with van der Waals surface area (Å²) < 4.78 is 7.08. The number of aromatic nitrogens is 6. The highest BCUT2D eigenvalue weighted by atomic mass is 16.5. The Morgan fingerprint density at radius 3 is 1.57 bits per heavy atom. The van der Waals surface area contributed by atoms with Crippen LogP contribution in [0.4, 0.5) is 0 Å². The van der Waals surface area contributed by atoms with Gasteiger partial charge in [0.25, 0.3) is 0 Å². The third kappa shape index (κ3) is 6.29. The smallest absolute Gasteiger partial charge is 0.167 e. The summed E-state index contributed by atoms with van der Waals surface area (Å²) in [5, 5.41) is 0. The molecule has 0 saturated heterocycles. The molecule has 3 heterocycles. The van der Waals surface area contributed by atoms with E-state index < -0.39 is 5.41 Å². The zero-order valence-corrected chi connectivity index (χ0v) is 34.4. The minimum atomic E-state index is -0.789. The van der Waals surface area contributed by atoms with Gasteiger partial charge < -0.3 is 4.74 Å². The van der Waals surface area contributed by atoms with Crippen molar-refractivity contribution in [1.82, 2.24) is 29.9 Å². The number of rotatable bonds is 8. The highest BCUT2D eigenvalue weighted by molar-refractivity contribution is 5.96. The molecule has 7 heteroatoms. The zero-order valence-electron chi connectivity index (χ0n) is 34.4. The quantitative estimate of drug-likeness (QED) is 0.141. The molecule has 0 fully saturated rings. The molecule has 1 atom stereocenters. The molecule has 2 aromatic heterocycles. The average Bonchev–Trinajstić information content (AvgIpc) is 3.65. The fraction of sp³-hybridized carbons (Fsp3) is 0.0357. The number of hydrogen-bond donors (Lipinski definition) is 0. The van der Waals surface area contributed by atoms with Gasteiger partial charge in [-0.2, -0.15) is 0 Å². The lowest BCUT2D eigenvalue weighted by atomic mass is 9.65. The number of hydrogen-bond acceptors (Lipinski definition) is 7. The van der Waals surface area contributed by atoms with Crippen molar-refractivity contribution in [1.29, 1.82) is 0 Å². The molecule has 1 spiro atoms. The third-order valence-corrected chi connectivity index (χ3v) is 11.8. The summed E-state index contributed by atoms with van der Waals surface area (Å²) in [6.45, 7) is 5.83. The lowest BCUT2D eigenvalue weighted by Crippen LogP contribution is -2.32. The van der Waals surface area contributed by atoms with Gasteiger partial charge in [-0.1, -0.05) is 195 Å². The molecular weight excluding hydrogens is 773 g/mol. The van der Waals surface area contributed by atoms with E-state index in [-0.39, 0.29) is 0 Å². The molecule has 1 aliphatic carbocycles. The number of allylic oxidation sites excluding steroid dienone is 5. The van der Waals surface area contributed by atoms with Crippen LogP contribution in [0.5, 0.6) is 11.5 Å². The maximum Gasteiger partial charge on any atom is 0.167 e. The van der Waals surface area contributed by atoms with E-state index in [2.05, 4.69) is 79.4 Å². The van der Waals surface area contributed by atoms with E-state index in [4.69, 9.17) is 34.6 Å². The second kappa shape index (κ2) is 15.6. The Balaban J connectivity index is 1.17. The number of ether oxygens (including phenoxy) is 1. The van der Waals surface area contributed by atoms with Crippen molar-refractivity contribution in [3.8, 4) is 79.6 Å². The van der Waals surface area contributed by atoms with Gasteiger partial charge in [0.1, 0.15) is 11.5 Å². The van der Waals surface area contributed by atoms with Crippen LogP contribution >= 0.6 is 0 Å². The standard InChI is InChI=1S/C56H38N6O/c1-3-4-8-21-36(2)50-57-51(37-22-9-5-10-23-37)62-55(58-50)42-30-20-34-46-49(42)63-47-35-18-17-32-44(47)56(46)43-31-16-15-28-40(43)48-41(29-19-33-45(48)56)54-60-52(38-24-11-6-12-25-38)59-53(61-54)39-26-13-7-14-27-39/h3-35H,1H2,2H3/b8-4-,36-21+. The van der Waals surface area contributed by atoms with Crippen LogP contribution in [-0.4, -0.2) is 29.9 Å². The van der Waals surface area contributed by atoms with Gasteiger partial charge in [0.15, 0.2) is 34.9 Å². The fourth-order valence-corrected chi connectivity index (χ4v) is 9.00. The van der Waals surface area contributed by atoms with Crippen LogP contribution in [0.3, 0.4) is 0 Å². The van der Waals surface area contributed by atoms with Crippen molar-refractivity contribution >= 4 is 5.57 Å². The van der Waals surface area contributed by atoms with E-state index in [0.717, 1.165) is 72.5 Å². The predicted molar refractivity (Wildman–Crippen MR) is 251 cm³/mol. The summed E-state index contributed by atoms with van der Waals surface area (Å²) in [5.74, 6) is 4.91. The first-order valence-electron chi connectivity index (χ1n) is 20.9. The van der Waals surface area contributed by atoms with Crippen molar-refractivity contribution < 1.29 is 4.74 Å². The molecule has 0 saturated carbocycles. The average molecular weight is 811 g/mol. The summed E-state index contributed by atoms with van der Waals surface area (Å²) in [4.78, 5) is 30.7. The van der Waals surface area contributed by atoms with Crippen LogP contribution in [0.25, 0.3) is 73.6 Å². The van der Waals surface area contributed by atoms with Crippen molar-refractivity contribution in [2.24, 2.45) is 0 Å². The highest BCUT2D eigenvalue weighted by Gasteiger charge is 2.52. The molecule has 0 N–H and O–H groups in total. The molecule has 298 valence electrons. The highest BCUT2D eigenvalue weighted by Crippen LogP contribution is 2.64. The van der Waals surface area contributed by atoms with Gasteiger partial charge in [-0.3, -0.25) is 0 Å². The van der Waals surface area contributed by atoms with Gasteiger partial charge in [0.2, 0.25) is 0 Å². The minimum Gasteiger partial charge on any atom is -0.456 e. The molecule has 0 amide bonds. The summed E-state index contributed by atoms with van der Waals surface area (Å²) in [6, 6.07) is 60.1. The largest absolute Gasteiger partial charge is 0.456 e. The Hall–Kier alpha value is -8.42. The maximum atomic E-state index is 7.08. The third-order valence-electron chi connectivity index (χ3n) is 11.8. The topological polar surface area (TPSA) is 86.6 Å². The van der Waals surface area contributed by atoms with Crippen molar-refractivity contribution in [3.63, 3.8) is 0 Å². The first-order chi connectivity index (χ1) is 31.1. The van der Waals surface area contributed by atoms with E-state index in [1.807, 2.05) is 128 Å². The number of fused-ring (bicyclic) bond motifs is 9. The Morgan fingerprint density at radius 1 is 0.444 bits per heavy atom. The molecule has 7 aromatic carbocycles. The normalized spacial score (nSPS) is 14.7. The second-order valence-electron chi connectivity index (χ2n) is 15.5. The number of benzene rings is 7. The SMILES string of the molecule is C=C/C=C\C=C(/C)c1nc(-c2ccccc2)nc(-c2cccc3c2Oc2ccccc2C32c3ccccc3-c3c(-c4nc(-c5ccccc5)nc(-c5ccccc5)n4)cccc32)n1. The van der Waals surface area contributed by atoms with Gasteiger partial charge in [0, 0.05) is 33.4 Å². The van der Waals surface area contributed by atoms with Crippen LogP contribution in [0.1, 0.15) is 35.0 Å². The molecule has 7 nitrogen and oxygen atoms in total. The van der Waals surface area contributed by atoms with E-state index in [1.54, 1.807) is 6.08 Å². The second-order valence-corrected chi connectivity index (χ2v) is 15.5. The first-order valence-corrected chi connectivity index (χ1v) is 20.9. The number of nitrogens with zero attached hydrogens (tertiary/aromatic N) is 6. The monoisotopic (exact) mass is 810 g/mol. The van der Waals surface area contributed by atoms with Gasteiger partial charge in [-0.15, -0.1) is 0 Å². The fourth-order valence-electron chi connectivity index (χ4n) is 9.00. The zero-order chi connectivity index (χ0) is 42.3. The Labute approximate surface area is 365 Å². The van der Waals surface area contributed by atoms with Gasteiger partial charge in [-0.25, -0.2) is 29.9 Å². The Morgan fingerprint density at radius 2 is 0.921 bits per heavy atom. The van der Waals surface area contributed by atoms with E-state index in [9.17, 15) is 0 Å². The summed E-state index contributed by atoms with van der Waals surface area (Å²) >= 11 is 0. The Kier molecular flexibility index (Phi) is 9.28. The lowest BCUT2D eigenvalue weighted by Gasteiger charge is -2.40. The van der Waals surface area contributed by atoms with Crippen LogP contribution in [-0.2, 0) is 5.41 Å². The summed E-state index contributed by atoms with van der Waals surface area (Å²) in [6.07, 6.45) is 7.55. The first kappa shape index (κ1) is 37.6. The molecule has 2 aliphatic rings. The maximum absolute atomic E-state index is 7.08. The molecule has 63 heavy (non-hydrogen) atoms. The molecular formula is C56H38N6O. The summed E-state index contributed by atoms with van der Waals surface area (Å²) in [5.41, 5.74) is 10.9. The minimum absolute atomic E-state index is 0.512. The van der Waals surface area contributed by atoms with Crippen molar-refractivity contribution in [2.45, 2.75) is 12.3 Å². The molecule has 11 rings (SSSR count). The van der Waals surface area contributed by atoms with Crippen LogP contribution in [0, 0.1) is 0 Å². The lowest BCUT2D eigenvalue weighted by molar-refractivity contribution is 0.437. The molecule has 1 unspecified atom stereocenters. The van der Waals surface area contributed by atoms with E-state index >= 15 is 0 Å². The van der Waals surface area contributed by atoms with Crippen LogP contribution in [0.2, 0.25) is 0 Å². The van der Waals surface area contributed by atoms with Gasteiger partial charge in [0.05, 0.1) is 11.0 Å².